The van der Waals surface area contributed by atoms with Crippen LogP contribution in [-0.4, -0.2) is 28.1 Å². The number of rotatable bonds is 4. The van der Waals surface area contributed by atoms with Gasteiger partial charge in [-0.1, -0.05) is 43.4 Å². The highest BCUT2D eigenvalue weighted by atomic mass is 32.1. The van der Waals surface area contributed by atoms with Crippen LogP contribution in [0.4, 0.5) is 10.1 Å². The van der Waals surface area contributed by atoms with Crippen LogP contribution in [0, 0.1) is 5.82 Å². The molecule has 1 fully saturated rings. The zero-order chi connectivity index (χ0) is 18.4. The molecule has 138 valence electrons. The van der Waals surface area contributed by atoms with E-state index in [1.807, 2.05) is 0 Å². The van der Waals surface area contributed by atoms with Crippen LogP contribution >= 0.6 is 11.3 Å². The van der Waals surface area contributed by atoms with E-state index in [0.29, 0.717) is 5.69 Å². The molecule has 0 unspecified atom stereocenters. The molecule has 0 bridgehead atoms. The largest absolute Gasteiger partial charge is 0.347 e. The highest BCUT2D eigenvalue weighted by Gasteiger charge is 2.20. The maximum atomic E-state index is 12.9. The maximum absolute atomic E-state index is 12.9. The molecule has 0 saturated heterocycles. The third-order valence-electron chi connectivity index (χ3n) is 4.36. The van der Waals surface area contributed by atoms with Gasteiger partial charge in [-0.15, -0.1) is 10.2 Å². The molecule has 1 aliphatic carbocycles. The second-order valence-electron chi connectivity index (χ2n) is 6.39. The van der Waals surface area contributed by atoms with Crippen molar-refractivity contribution in [1.29, 1.82) is 0 Å². The quantitative estimate of drug-likeness (QED) is 0.851. The molecule has 0 atom stereocenters. The fraction of sp³-hybridized carbons (Fsp3) is 0.444. The Morgan fingerprint density at radius 2 is 1.50 bits per heavy atom. The van der Waals surface area contributed by atoms with Crippen LogP contribution in [0.2, 0.25) is 0 Å². The first kappa shape index (κ1) is 18.4. The summed E-state index contributed by atoms with van der Waals surface area (Å²) >= 11 is 0.949. The van der Waals surface area contributed by atoms with E-state index in [9.17, 15) is 14.0 Å². The predicted octanol–water partition coefficient (Wildman–Crippen LogP) is 3.77. The monoisotopic (exact) mass is 376 g/mol. The number of benzene rings is 1. The molecule has 2 amide bonds. The molecule has 0 aliphatic heterocycles. The number of carbonyl (C=O) groups is 2. The summed E-state index contributed by atoms with van der Waals surface area (Å²) in [6.45, 7) is 0. The average Bonchev–Trinajstić information content (AvgIpc) is 3.09. The maximum Gasteiger partial charge on any atom is 0.286 e. The van der Waals surface area contributed by atoms with Crippen LogP contribution in [0.15, 0.2) is 24.3 Å². The van der Waals surface area contributed by atoms with Gasteiger partial charge in [0.15, 0.2) is 0 Å². The van der Waals surface area contributed by atoms with E-state index in [1.54, 1.807) is 0 Å². The fourth-order valence-corrected chi connectivity index (χ4v) is 3.61. The van der Waals surface area contributed by atoms with Crippen LogP contribution in [0.1, 0.15) is 64.6 Å². The molecule has 8 heteroatoms. The molecule has 1 aromatic carbocycles. The normalized spacial score (nSPS) is 15.7. The zero-order valence-corrected chi connectivity index (χ0v) is 15.2. The fourth-order valence-electron chi connectivity index (χ4n) is 2.97. The summed E-state index contributed by atoms with van der Waals surface area (Å²) in [5, 5.41) is 13.5. The van der Waals surface area contributed by atoms with Crippen molar-refractivity contribution < 1.29 is 14.0 Å². The molecule has 1 heterocycles. The summed E-state index contributed by atoms with van der Waals surface area (Å²) in [5.74, 6) is -1.14. The van der Waals surface area contributed by atoms with Crippen molar-refractivity contribution in [3.8, 4) is 0 Å². The highest BCUT2D eigenvalue weighted by molar-refractivity contribution is 7.15. The summed E-state index contributed by atoms with van der Waals surface area (Å²) in [4.78, 5) is 24.5. The van der Waals surface area contributed by atoms with E-state index in [1.165, 1.54) is 43.5 Å². The van der Waals surface area contributed by atoms with Crippen LogP contribution in [-0.2, 0) is 0 Å². The molecule has 6 nitrogen and oxygen atoms in total. The third-order valence-corrected chi connectivity index (χ3v) is 5.28. The van der Waals surface area contributed by atoms with Gasteiger partial charge < -0.3 is 10.6 Å². The number of anilines is 1. The number of aromatic nitrogens is 2. The first-order chi connectivity index (χ1) is 12.6. The summed E-state index contributed by atoms with van der Waals surface area (Å²) in [6, 6.07) is 5.57. The van der Waals surface area contributed by atoms with Crippen molar-refractivity contribution in [3.05, 3.63) is 40.1 Å². The minimum atomic E-state index is -0.473. The van der Waals surface area contributed by atoms with Crippen LogP contribution < -0.4 is 10.6 Å². The van der Waals surface area contributed by atoms with Gasteiger partial charge >= 0.3 is 0 Å². The Morgan fingerprint density at radius 3 is 2.15 bits per heavy atom. The molecule has 2 N–H and O–H groups in total. The van der Waals surface area contributed by atoms with Gasteiger partial charge in [-0.25, -0.2) is 4.39 Å². The number of hydrogen-bond donors (Lipinski definition) is 2. The molecule has 2 aromatic rings. The zero-order valence-electron chi connectivity index (χ0n) is 14.3. The number of amides is 2. The Labute approximate surface area is 155 Å². The van der Waals surface area contributed by atoms with E-state index in [-0.39, 0.29) is 27.8 Å². The third kappa shape index (κ3) is 5.08. The Kier molecular flexibility index (Phi) is 6.27. The lowest BCUT2D eigenvalue weighted by molar-refractivity contribution is 0.0928. The lowest BCUT2D eigenvalue weighted by Crippen LogP contribution is -2.35. The number of nitrogens with one attached hydrogen (secondary N) is 2. The van der Waals surface area contributed by atoms with Crippen molar-refractivity contribution in [2.75, 3.05) is 5.32 Å². The summed E-state index contributed by atoms with van der Waals surface area (Å²) in [6.07, 6.45) is 7.87. The first-order valence-electron chi connectivity index (χ1n) is 8.83. The minimum Gasteiger partial charge on any atom is -0.347 e. The second-order valence-corrected chi connectivity index (χ2v) is 7.37. The highest BCUT2D eigenvalue weighted by Crippen LogP contribution is 2.18. The Bertz CT molecular complexity index is 755. The molecule has 1 saturated carbocycles. The van der Waals surface area contributed by atoms with Gasteiger partial charge in [0.2, 0.25) is 10.0 Å². The van der Waals surface area contributed by atoms with Crippen molar-refractivity contribution in [1.82, 2.24) is 15.5 Å². The van der Waals surface area contributed by atoms with Gasteiger partial charge in [0.1, 0.15) is 5.82 Å². The van der Waals surface area contributed by atoms with E-state index >= 15 is 0 Å². The summed E-state index contributed by atoms with van der Waals surface area (Å²) in [5.41, 5.74) is 0.451. The molecule has 26 heavy (non-hydrogen) atoms. The molecular weight excluding hydrogens is 355 g/mol. The average molecular weight is 376 g/mol. The van der Waals surface area contributed by atoms with Gasteiger partial charge in [-0.2, -0.15) is 0 Å². The number of hydrogen-bond acceptors (Lipinski definition) is 5. The Hall–Kier alpha value is -2.35. The van der Waals surface area contributed by atoms with Gasteiger partial charge in [0, 0.05) is 11.7 Å². The number of carbonyl (C=O) groups excluding carboxylic acids is 2. The second kappa shape index (κ2) is 8.84. The van der Waals surface area contributed by atoms with Crippen LogP contribution in [0.3, 0.4) is 0 Å². The molecule has 3 rings (SSSR count). The van der Waals surface area contributed by atoms with Crippen LogP contribution in [0.25, 0.3) is 0 Å². The van der Waals surface area contributed by atoms with Gasteiger partial charge in [-0.05, 0) is 37.1 Å². The summed E-state index contributed by atoms with van der Waals surface area (Å²) in [7, 11) is 0. The van der Waals surface area contributed by atoms with Crippen LogP contribution in [0.5, 0.6) is 0 Å². The van der Waals surface area contributed by atoms with Crippen molar-refractivity contribution in [2.24, 2.45) is 0 Å². The van der Waals surface area contributed by atoms with Crippen molar-refractivity contribution in [2.45, 2.75) is 51.0 Å². The smallest absolute Gasteiger partial charge is 0.286 e. The SMILES string of the molecule is O=C(Nc1ccc(F)cc1)c1nnc(C(=O)NC2CCCCCCC2)s1. The van der Waals surface area contributed by atoms with E-state index in [2.05, 4.69) is 20.8 Å². The Balaban J connectivity index is 1.58. The lowest BCUT2D eigenvalue weighted by Gasteiger charge is -2.20. The Morgan fingerprint density at radius 1 is 0.923 bits per heavy atom. The molecule has 0 spiro atoms. The number of nitrogens with zero attached hydrogens (tertiary/aromatic N) is 2. The topological polar surface area (TPSA) is 84.0 Å². The van der Waals surface area contributed by atoms with Gasteiger partial charge in [0.05, 0.1) is 0 Å². The first-order valence-corrected chi connectivity index (χ1v) is 9.65. The predicted molar refractivity (Wildman–Crippen MR) is 97.8 cm³/mol. The standard InChI is InChI=1S/C18H21FN4O2S/c19-12-8-10-14(11-9-12)21-16(25)18-23-22-17(26-18)15(24)20-13-6-4-2-1-3-5-7-13/h8-11,13H,1-7H2,(H,20,24)(H,21,25). The molecular formula is C18H21FN4O2S. The van der Waals surface area contributed by atoms with Gasteiger partial charge in [0.25, 0.3) is 11.8 Å². The van der Waals surface area contributed by atoms with E-state index in [0.717, 1.165) is 37.0 Å². The van der Waals surface area contributed by atoms with Gasteiger partial charge in [-0.3, -0.25) is 9.59 Å². The minimum absolute atomic E-state index is 0.0946. The summed E-state index contributed by atoms with van der Waals surface area (Å²) < 4.78 is 12.9. The molecule has 0 radical (unpaired) electrons. The van der Waals surface area contributed by atoms with Crippen molar-refractivity contribution >= 4 is 28.8 Å². The van der Waals surface area contributed by atoms with E-state index in [4.69, 9.17) is 0 Å². The van der Waals surface area contributed by atoms with Crippen molar-refractivity contribution in [3.63, 3.8) is 0 Å². The molecule has 1 aromatic heterocycles. The molecule has 1 aliphatic rings. The van der Waals surface area contributed by atoms with E-state index < -0.39 is 5.91 Å². The lowest BCUT2D eigenvalue weighted by atomic mass is 9.97. The number of halogens is 1.